The number of thiazole rings is 1. The third-order valence-electron chi connectivity index (χ3n) is 3.73. The summed E-state index contributed by atoms with van der Waals surface area (Å²) in [6, 6.07) is 10.1. The second-order valence-electron chi connectivity index (χ2n) is 5.69. The van der Waals surface area contributed by atoms with Gasteiger partial charge in [0.1, 0.15) is 12.4 Å². The number of nitrogens with zero attached hydrogens (tertiary/aromatic N) is 1. The number of amides is 1. The zero-order valence-electron chi connectivity index (χ0n) is 14.5. The Kier molecular flexibility index (Phi) is 5.89. The number of anilines is 1. The summed E-state index contributed by atoms with van der Waals surface area (Å²) in [5.41, 5.74) is -2.70. The van der Waals surface area contributed by atoms with Crippen molar-refractivity contribution in [1.82, 2.24) is 4.98 Å². The summed E-state index contributed by atoms with van der Waals surface area (Å²) in [4.78, 5) is 15.6. The molecule has 0 unspecified atom stereocenters. The number of benzene rings is 2. The molecule has 1 N–H and O–H groups in total. The summed E-state index contributed by atoms with van der Waals surface area (Å²) in [5.74, 6) is -0.254. The predicted octanol–water partition coefficient (Wildman–Crippen LogP) is 4.27. The summed E-state index contributed by atoms with van der Waals surface area (Å²) >= 11 is 1.42. The van der Waals surface area contributed by atoms with Crippen LogP contribution in [0.1, 0.15) is 16.1 Å². The van der Waals surface area contributed by atoms with Gasteiger partial charge in [-0.05, 0) is 36.4 Å². The number of hydrogen-bond acceptors (Lipinski definition) is 6. The van der Waals surface area contributed by atoms with Crippen molar-refractivity contribution in [3.8, 4) is 5.75 Å². The van der Waals surface area contributed by atoms with Gasteiger partial charge >= 0.3 is 5.51 Å². The van der Waals surface area contributed by atoms with Crippen LogP contribution in [0.2, 0.25) is 0 Å². The number of rotatable bonds is 6. The Bertz CT molecular complexity index is 1100. The van der Waals surface area contributed by atoms with Crippen LogP contribution in [-0.2, 0) is 16.4 Å². The van der Waals surface area contributed by atoms with Crippen LogP contribution in [0.5, 0.6) is 5.75 Å². The van der Waals surface area contributed by atoms with Crippen LogP contribution in [-0.4, -0.2) is 24.8 Å². The van der Waals surface area contributed by atoms with Crippen molar-refractivity contribution in [2.24, 2.45) is 0 Å². The van der Waals surface area contributed by atoms with Gasteiger partial charge in [0.25, 0.3) is 15.7 Å². The van der Waals surface area contributed by atoms with Crippen molar-refractivity contribution in [2.45, 2.75) is 17.0 Å². The molecular formula is C18H13F3N2O4S2. The molecule has 0 aliphatic carbocycles. The van der Waals surface area contributed by atoms with Crippen molar-refractivity contribution >= 4 is 32.8 Å². The molecule has 3 aromatic rings. The molecule has 0 bridgehead atoms. The second kappa shape index (κ2) is 8.21. The molecule has 0 aliphatic heterocycles. The van der Waals surface area contributed by atoms with Gasteiger partial charge in [0.05, 0.1) is 21.8 Å². The van der Waals surface area contributed by atoms with Gasteiger partial charge < -0.3 is 10.1 Å². The highest BCUT2D eigenvalue weighted by Crippen LogP contribution is 2.30. The maximum Gasteiger partial charge on any atom is 0.501 e. The third kappa shape index (κ3) is 4.74. The molecule has 0 radical (unpaired) electrons. The summed E-state index contributed by atoms with van der Waals surface area (Å²) in [6.45, 7) is 0.195. The molecule has 1 heterocycles. The zero-order valence-corrected chi connectivity index (χ0v) is 16.1. The van der Waals surface area contributed by atoms with E-state index in [4.69, 9.17) is 4.74 Å². The van der Waals surface area contributed by atoms with Gasteiger partial charge in [0.2, 0.25) is 0 Å². The quantitative estimate of drug-likeness (QED) is 0.616. The molecule has 6 nitrogen and oxygen atoms in total. The molecular weight excluding hydrogens is 429 g/mol. The number of hydrogen-bond donors (Lipinski definition) is 1. The Balaban J connectivity index is 1.74. The van der Waals surface area contributed by atoms with Crippen molar-refractivity contribution in [3.05, 3.63) is 70.7 Å². The standard InChI is InChI=1S/C18H13F3N2O4S2/c19-18(20,21)29(25,26)14-7-5-12(6-8-14)17(24)23-15-3-1-2-4-16(15)27-9-13-10-28-11-22-13/h1-8,10-11H,9H2,(H,23,24). The van der Waals surface area contributed by atoms with Crippen LogP contribution in [0.15, 0.2) is 64.3 Å². The molecule has 29 heavy (non-hydrogen) atoms. The van der Waals surface area contributed by atoms with E-state index >= 15 is 0 Å². The minimum Gasteiger partial charge on any atom is -0.485 e. The van der Waals surface area contributed by atoms with E-state index < -0.39 is 26.1 Å². The van der Waals surface area contributed by atoms with E-state index in [2.05, 4.69) is 10.3 Å². The molecule has 0 saturated heterocycles. The fourth-order valence-electron chi connectivity index (χ4n) is 2.27. The normalized spacial score (nSPS) is 11.8. The predicted molar refractivity (Wildman–Crippen MR) is 101 cm³/mol. The molecule has 2 aromatic carbocycles. The largest absolute Gasteiger partial charge is 0.501 e. The first-order chi connectivity index (χ1) is 13.7. The Morgan fingerprint density at radius 1 is 1.10 bits per heavy atom. The smallest absolute Gasteiger partial charge is 0.485 e. The van der Waals surface area contributed by atoms with Crippen LogP contribution in [0.4, 0.5) is 18.9 Å². The lowest BCUT2D eigenvalue weighted by Gasteiger charge is -2.12. The molecule has 11 heteroatoms. The molecule has 0 aliphatic rings. The number of ether oxygens (including phenoxy) is 1. The lowest BCUT2D eigenvalue weighted by atomic mass is 10.2. The van der Waals surface area contributed by atoms with Crippen molar-refractivity contribution in [2.75, 3.05) is 5.32 Å². The van der Waals surface area contributed by atoms with E-state index in [-0.39, 0.29) is 12.2 Å². The maximum absolute atomic E-state index is 12.6. The van der Waals surface area contributed by atoms with Gasteiger partial charge in [-0.1, -0.05) is 12.1 Å². The van der Waals surface area contributed by atoms with E-state index in [1.54, 1.807) is 29.8 Å². The molecule has 3 rings (SSSR count). The average Bonchev–Trinajstić information content (AvgIpc) is 3.20. The topological polar surface area (TPSA) is 85.4 Å². The maximum atomic E-state index is 12.6. The molecule has 1 aromatic heterocycles. The SMILES string of the molecule is O=C(Nc1ccccc1OCc1cscn1)c1ccc(S(=O)(=O)C(F)(F)F)cc1. The second-order valence-corrected chi connectivity index (χ2v) is 8.35. The minimum atomic E-state index is -5.47. The summed E-state index contributed by atoms with van der Waals surface area (Å²) < 4.78 is 66.2. The van der Waals surface area contributed by atoms with E-state index in [9.17, 15) is 26.4 Å². The van der Waals surface area contributed by atoms with Crippen molar-refractivity contribution in [1.29, 1.82) is 0 Å². The molecule has 0 saturated carbocycles. The van der Waals surface area contributed by atoms with Gasteiger partial charge in [-0.2, -0.15) is 13.2 Å². The van der Waals surface area contributed by atoms with E-state index in [1.165, 1.54) is 11.3 Å². The van der Waals surface area contributed by atoms with Crippen molar-refractivity contribution in [3.63, 3.8) is 0 Å². The Hall–Kier alpha value is -2.92. The number of nitrogens with one attached hydrogen (secondary N) is 1. The number of aromatic nitrogens is 1. The van der Waals surface area contributed by atoms with Crippen LogP contribution in [0.3, 0.4) is 0 Å². The van der Waals surface area contributed by atoms with Gasteiger partial charge in [0, 0.05) is 10.9 Å². The van der Waals surface area contributed by atoms with Crippen LogP contribution in [0.25, 0.3) is 0 Å². The first-order valence-electron chi connectivity index (χ1n) is 8.00. The van der Waals surface area contributed by atoms with Crippen LogP contribution in [0, 0.1) is 0 Å². The van der Waals surface area contributed by atoms with Crippen LogP contribution >= 0.6 is 11.3 Å². The number of para-hydroxylation sites is 2. The number of alkyl halides is 3. The molecule has 1 amide bonds. The van der Waals surface area contributed by atoms with E-state index in [1.807, 2.05) is 5.38 Å². The average molecular weight is 442 g/mol. The summed E-state index contributed by atoms with van der Waals surface area (Å²) in [5, 5.41) is 4.41. The summed E-state index contributed by atoms with van der Waals surface area (Å²) in [7, 11) is -5.47. The minimum absolute atomic E-state index is 0.0135. The van der Waals surface area contributed by atoms with Crippen molar-refractivity contribution < 1.29 is 31.1 Å². The fraction of sp³-hybridized carbons (Fsp3) is 0.111. The van der Waals surface area contributed by atoms with Gasteiger partial charge in [-0.3, -0.25) is 4.79 Å². The first-order valence-corrected chi connectivity index (χ1v) is 10.4. The highest BCUT2D eigenvalue weighted by molar-refractivity contribution is 7.92. The Labute approximate surface area is 167 Å². The molecule has 0 fully saturated rings. The first kappa shape index (κ1) is 20.8. The van der Waals surface area contributed by atoms with Crippen LogP contribution < -0.4 is 10.1 Å². The van der Waals surface area contributed by atoms with Gasteiger partial charge in [-0.25, -0.2) is 13.4 Å². The number of carbonyl (C=O) groups is 1. The van der Waals surface area contributed by atoms with Gasteiger partial charge in [0.15, 0.2) is 0 Å². The highest BCUT2D eigenvalue weighted by Gasteiger charge is 2.46. The van der Waals surface area contributed by atoms with E-state index in [0.717, 1.165) is 30.0 Å². The number of carbonyl (C=O) groups excluding carboxylic acids is 1. The van der Waals surface area contributed by atoms with E-state index in [0.29, 0.717) is 11.4 Å². The lowest BCUT2D eigenvalue weighted by molar-refractivity contribution is -0.0436. The molecule has 0 spiro atoms. The number of halogens is 3. The molecule has 152 valence electrons. The Morgan fingerprint density at radius 2 is 1.79 bits per heavy atom. The third-order valence-corrected chi connectivity index (χ3v) is 5.86. The zero-order chi connectivity index (χ0) is 21.1. The number of sulfone groups is 1. The fourth-order valence-corrected chi connectivity index (χ4v) is 3.57. The van der Waals surface area contributed by atoms with Gasteiger partial charge in [-0.15, -0.1) is 11.3 Å². The highest BCUT2D eigenvalue weighted by atomic mass is 32.2. The molecule has 0 atom stereocenters. The Morgan fingerprint density at radius 3 is 2.41 bits per heavy atom. The monoisotopic (exact) mass is 442 g/mol. The summed E-state index contributed by atoms with van der Waals surface area (Å²) in [6.07, 6.45) is 0. The lowest BCUT2D eigenvalue weighted by Crippen LogP contribution is -2.23.